The van der Waals surface area contributed by atoms with E-state index in [1.54, 1.807) is 12.1 Å². The van der Waals surface area contributed by atoms with Crippen molar-refractivity contribution in [1.82, 2.24) is 0 Å². The third kappa shape index (κ3) is 2.25. The second-order valence-corrected chi connectivity index (χ2v) is 4.06. The van der Waals surface area contributed by atoms with Gasteiger partial charge in [0.25, 0.3) is 0 Å². The third-order valence-electron chi connectivity index (χ3n) is 2.90. The van der Waals surface area contributed by atoms with Gasteiger partial charge in [-0.3, -0.25) is 0 Å². The molecule has 2 nitrogen and oxygen atoms in total. The van der Waals surface area contributed by atoms with Gasteiger partial charge in [-0.05, 0) is 18.6 Å². The first-order chi connectivity index (χ1) is 7.77. The van der Waals surface area contributed by atoms with E-state index in [-0.39, 0.29) is 5.82 Å². The Balaban J connectivity index is 2.21. The Hall–Kier alpha value is -0.930. The van der Waals surface area contributed by atoms with Gasteiger partial charge in [-0.25, -0.2) is 4.39 Å². The molecule has 1 aromatic carbocycles. The Morgan fingerprint density at radius 2 is 1.81 bits per heavy atom. The van der Waals surface area contributed by atoms with E-state index >= 15 is 0 Å². The molecule has 0 unspecified atom stereocenters. The summed E-state index contributed by atoms with van der Waals surface area (Å²) in [5.74, 6) is -0.864. The zero-order valence-corrected chi connectivity index (χ0v) is 9.54. The molecule has 1 aliphatic heterocycles. The van der Waals surface area contributed by atoms with Gasteiger partial charge in [-0.2, -0.15) is 0 Å². The van der Waals surface area contributed by atoms with Crippen LogP contribution in [-0.2, 0) is 15.3 Å². The van der Waals surface area contributed by atoms with E-state index < -0.39 is 5.79 Å². The fraction of sp³-hybridized carbons (Fsp3) is 0.538. The minimum Gasteiger partial charge on any atom is -0.343 e. The van der Waals surface area contributed by atoms with Crippen molar-refractivity contribution in [3.05, 3.63) is 35.6 Å². The van der Waals surface area contributed by atoms with Gasteiger partial charge in [0, 0.05) is 12.0 Å². The molecule has 0 bridgehead atoms. The molecule has 0 aromatic heterocycles. The van der Waals surface area contributed by atoms with Crippen molar-refractivity contribution in [2.24, 2.45) is 0 Å². The fourth-order valence-electron chi connectivity index (χ4n) is 2.02. The van der Waals surface area contributed by atoms with Crippen LogP contribution in [0.5, 0.6) is 0 Å². The molecule has 1 aromatic rings. The molecule has 1 aliphatic rings. The Labute approximate surface area is 95.4 Å². The predicted molar refractivity (Wildman–Crippen MR) is 59.5 cm³/mol. The van der Waals surface area contributed by atoms with Gasteiger partial charge < -0.3 is 9.47 Å². The van der Waals surface area contributed by atoms with E-state index in [1.165, 1.54) is 12.1 Å². The second kappa shape index (κ2) is 4.93. The lowest BCUT2D eigenvalue weighted by atomic mass is 10.00. The Bertz CT molecular complexity index is 328. The van der Waals surface area contributed by atoms with Crippen LogP contribution in [0.1, 0.15) is 31.7 Å². The van der Waals surface area contributed by atoms with Crippen molar-refractivity contribution in [2.45, 2.75) is 32.0 Å². The Kier molecular flexibility index (Phi) is 3.56. The molecule has 16 heavy (non-hydrogen) atoms. The highest BCUT2D eigenvalue weighted by Gasteiger charge is 2.37. The lowest BCUT2D eigenvalue weighted by Gasteiger charge is -2.27. The largest absolute Gasteiger partial charge is 0.343 e. The number of ether oxygens (including phenoxy) is 2. The van der Waals surface area contributed by atoms with Crippen LogP contribution in [0.15, 0.2) is 24.3 Å². The summed E-state index contributed by atoms with van der Waals surface area (Å²) < 4.78 is 24.3. The topological polar surface area (TPSA) is 18.5 Å². The van der Waals surface area contributed by atoms with E-state index in [4.69, 9.17) is 9.47 Å². The number of unbranched alkanes of at least 4 members (excludes halogenated alkanes) is 1. The lowest BCUT2D eigenvalue weighted by Crippen LogP contribution is -2.27. The van der Waals surface area contributed by atoms with Crippen LogP contribution < -0.4 is 0 Å². The maximum Gasteiger partial charge on any atom is 0.194 e. The van der Waals surface area contributed by atoms with Crippen molar-refractivity contribution in [3.8, 4) is 0 Å². The fourth-order valence-corrected chi connectivity index (χ4v) is 2.02. The maximum absolute atomic E-state index is 12.9. The van der Waals surface area contributed by atoms with Crippen molar-refractivity contribution < 1.29 is 13.9 Å². The smallest absolute Gasteiger partial charge is 0.194 e. The molecule has 3 heteroatoms. The number of hydrogen-bond donors (Lipinski definition) is 0. The van der Waals surface area contributed by atoms with Gasteiger partial charge in [-0.1, -0.05) is 25.5 Å². The van der Waals surface area contributed by atoms with Crippen LogP contribution in [0, 0.1) is 5.82 Å². The van der Waals surface area contributed by atoms with Crippen LogP contribution in [0.2, 0.25) is 0 Å². The average Bonchev–Trinajstić information content (AvgIpc) is 2.77. The van der Waals surface area contributed by atoms with Crippen LogP contribution in [0.4, 0.5) is 4.39 Å². The molecule has 0 radical (unpaired) electrons. The highest BCUT2D eigenvalue weighted by Crippen LogP contribution is 2.36. The first kappa shape index (κ1) is 11.6. The number of halogens is 1. The highest BCUT2D eigenvalue weighted by atomic mass is 19.1. The van der Waals surface area contributed by atoms with Gasteiger partial charge in [0.2, 0.25) is 0 Å². The number of benzene rings is 1. The molecule has 0 amide bonds. The molecule has 1 heterocycles. The van der Waals surface area contributed by atoms with Gasteiger partial charge >= 0.3 is 0 Å². The summed E-state index contributed by atoms with van der Waals surface area (Å²) in [5.41, 5.74) is 0.917. The quantitative estimate of drug-likeness (QED) is 0.781. The van der Waals surface area contributed by atoms with Crippen LogP contribution in [0.3, 0.4) is 0 Å². The summed E-state index contributed by atoms with van der Waals surface area (Å²) >= 11 is 0. The molecule has 1 fully saturated rings. The predicted octanol–water partition coefficient (Wildman–Crippen LogP) is 3.22. The molecule has 0 atom stereocenters. The van der Waals surface area contributed by atoms with E-state index in [1.807, 2.05) is 0 Å². The minimum absolute atomic E-state index is 0.229. The summed E-state index contributed by atoms with van der Waals surface area (Å²) in [4.78, 5) is 0. The summed E-state index contributed by atoms with van der Waals surface area (Å²) in [6, 6.07) is 6.40. The van der Waals surface area contributed by atoms with E-state index in [0.717, 1.165) is 24.8 Å². The highest BCUT2D eigenvalue weighted by molar-refractivity contribution is 5.21. The molecule has 0 aliphatic carbocycles. The van der Waals surface area contributed by atoms with Gasteiger partial charge in [-0.15, -0.1) is 0 Å². The molecular weight excluding hydrogens is 207 g/mol. The second-order valence-electron chi connectivity index (χ2n) is 4.06. The molecule has 2 rings (SSSR count). The normalized spacial score (nSPS) is 18.9. The monoisotopic (exact) mass is 224 g/mol. The van der Waals surface area contributed by atoms with Crippen molar-refractivity contribution in [2.75, 3.05) is 13.2 Å². The molecule has 0 N–H and O–H groups in total. The first-order valence-electron chi connectivity index (χ1n) is 5.81. The number of rotatable bonds is 4. The van der Waals surface area contributed by atoms with E-state index in [9.17, 15) is 4.39 Å². The van der Waals surface area contributed by atoms with Crippen LogP contribution >= 0.6 is 0 Å². The molecule has 0 spiro atoms. The average molecular weight is 224 g/mol. The summed E-state index contributed by atoms with van der Waals surface area (Å²) in [5, 5.41) is 0. The Morgan fingerprint density at radius 3 is 2.38 bits per heavy atom. The molecule has 0 saturated carbocycles. The molecular formula is C13H17FO2. The molecule has 88 valence electrons. The summed E-state index contributed by atoms with van der Waals surface area (Å²) in [6.07, 6.45) is 2.96. The van der Waals surface area contributed by atoms with Gasteiger partial charge in [0.15, 0.2) is 5.79 Å². The standard InChI is InChI=1S/C13H17FO2/c1-2-3-8-13(15-9-10-16-13)11-4-6-12(14)7-5-11/h4-7H,2-3,8-10H2,1H3. The summed E-state index contributed by atoms with van der Waals surface area (Å²) in [6.45, 7) is 3.36. The van der Waals surface area contributed by atoms with E-state index in [2.05, 4.69) is 6.92 Å². The Morgan fingerprint density at radius 1 is 1.19 bits per heavy atom. The first-order valence-corrected chi connectivity index (χ1v) is 5.81. The van der Waals surface area contributed by atoms with Gasteiger partial charge in [0.05, 0.1) is 13.2 Å². The van der Waals surface area contributed by atoms with Crippen molar-refractivity contribution >= 4 is 0 Å². The van der Waals surface area contributed by atoms with Gasteiger partial charge in [0.1, 0.15) is 5.82 Å². The number of hydrogen-bond acceptors (Lipinski definition) is 2. The van der Waals surface area contributed by atoms with Crippen LogP contribution in [0.25, 0.3) is 0 Å². The maximum atomic E-state index is 12.9. The third-order valence-corrected chi connectivity index (χ3v) is 2.90. The molecule has 1 saturated heterocycles. The van der Waals surface area contributed by atoms with Crippen molar-refractivity contribution in [3.63, 3.8) is 0 Å². The van der Waals surface area contributed by atoms with Crippen molar-refractivity contribution in [1.29, 1.82) is 0 Å². The van der Waals surface area contributed by atoms with Crippen LogP contribution in [-0.4, -0.2) is 13.2 Å². The lowest BCUT2D eigenvalue weighted by molar-refractivity contribution is -0.171. The zero-order chi connectivity index (χ0) is 11.4. The SMILES string of the molecule is CCCCC1(c2ccc(F)cc2)OCCO1. The minimum atomic E-state index is -0.635. The van der Waals surface area contributed by atoms with E-state index in [0.29, 0.717) is 13.2 Å². The summed E-state index contributed by atoms with van der Waals surface area (Å²) in [7, 11) is 0. The zero-order valence-electron chi connectivity index (χ0n) is 9.54.